The van der Waals surface area contributed by atoms with Crippen LogP contribution >= 0.6 is 23.2 Å². The van der Waals surface area contributed by atoms with E-state index in [2.05, 4.69) is 0 Å². The third kappa shape index (κ3) is 5.08. The molecule has 9 heteroatoms. The van der Waals surface area contributed by atoms with Crippen LogP contribution in [0.1, 0.15) is 55.8 Å². The molecule has 1 saturated carbocycles. The number of benzene rings is 2. The maximum absolute atomic E-state index is 13.9. The minimum absolute atomic E-state index is 0.0175. The summed E-state index contributed by atoms with van der Waals surface area (Å²) < 4.78 is 35.8. The Balaban J connectivity index is 1.77. The summed E-state index contributed by atoms with van der Waals surface area (Å²) in [5.41, 5.74) is 0.515. The first-order valence-corrected chi connectivity index (χ1v) is 14.0. The number of carbonyl (C=O) groups is 1. The summed E-state index contributed by atoms with van der Waals surface area (Å²) in [7, 11) is -3.93. The summed E-state index contributed by atoms with van der Waals surface area (Å²) in [6, 6.07) is 11.6. The Bertz CT molecular complexity index is 1140. The number of hydrogen-bond acceptors (Lipinski definition) is 4. The second-order valence-corrected chi connectivity index (χ2v) is 11.4. The molecular formula is C25H30Cl2N2O4S. The lowest BCUT2D eigenvalue weighted by atomic mass is 9.92. The number of carbonyl (C=O) groups excluding carboxylic acids is 1. The number of rotatable bonds is 3. The lowest BCUT2D eigenvalue weighted by Gasteiger charge is -2.40. The third-order valence-electron chi connectivity index (χ3n) is 6.66. The van der Waals surface area contributed by atoms with E-state index in [1.165, 1.54) is 6.07 Å². The second-order valence-electron chi connectivity index (χ2n) is 8.76. The lowest BCUT2D eigenvalue weighted by molar-refractivity contribution is 0.0641. The standard InChI is InChI=1S/C25H30Cl2N2O4S/c1-2-28-16-7-8-17-29(34(31,32)23-15-9-11-19(26)24(23)27)20-12-4-6-14-22(20)33-21-13-5-3-10-18(21)25(28)30/h3,5,9-11,13,15,20,22H,2,4,6-8,12,14,16-17H2,1H3/t20-,22+/m1/s1. The molecule has 2 aromatic rings. The smallest absolute Gasteiger partial charge is 0.257 e. The predicted octanol–water partition coefficient (Wildman–Crippen LogP) is 5.63. The maximum Gasteiger partial charge on any atom is 0.257 e. The molecule has 0 bridgehead atoms. The summed E-state index contributed by atoms with van der Waals surface area (Å²) in [6.07, 6.45) is 4.17. The molecule has 0 aromatic heterocycles. The highest BCUT2D eigenvalue weighted by molar-refractivity contribution is 7.89. The van der Waals surface area contributed by atoms with Crippen molar-refractivity contribution in [1.29, 1.82) is 0 Å². The molecule has 1 aliphatic carbocycles. The molecule has 1 heterocycles. The van der Waals surface area contributed by atoms with E-state index in [1.54, 1.807) is 33.5 Å². The molecular weight excluding hydrogens is 495 g/mol. The average Bonchev–Trinajstić information content (AvgIpc) is 2.83. The summed E-state index contributed by atoms with van der Waals surface area (Å²) in [4.78, 5) is 15.0. The Kier molecular flexibility index (Phi) is 8.08. The Morgan fingerprint density at radius 1 is 0.971 bits per heavy atom. The number of hydrogen-bond donors (Lipinski definition) is 0. The van der Waals surface area contributed by atoms with Gasteiger partial charge in [0.05, 0.1) is 21.7 Å². The predicted molar refractivity (Wildman–Crippen MR) is 134 cm³/mol. The highest BCUT2D eigenvalue weighted by atomic mass is 35.5. The summed E-state index contributed by atoms with van der Waals surface area (Å²) in [5.74, 6) is 0.447. The number of para-hydroxylation sites is 1. The van der Waals surface area contributed by atoms with Crippen LogP contribution in [-0.4, -0.2) is 55.3 Å². The molecule has 2 aliphatic rings. The number of halogens is 2. The Morgan fingerprint density at radius 2 is 1.71 bits per heavy atom. The van der Waals surface area contributed by atoms with Crippen LogP contribution in [0.2, 0.25) is 10.0 Å². The largest absolute Gasteiger partial charge is 0.488 e. The Labute approximate surface area is 211 Å². The van der Waals surface area contributed by atoms with Gasteiger partial charge in [-0.3, -0.25) is 4.79 Å². The van der Waals surface area contributed by atoms with Gasteiger partial charge in [-0.25, -0.2) is 8.42 Å². The van der Waals surface area contributed by atoms with Crippen molar-refractivity contribution < 1.29 is 17.9 Å². The molecule has 0 radical (unpaired) electrons. The molecule has 2 atom stereocenters. The van der Waals surface area contributed by atoms with Crippen LogP contribution < -0.4 is 4.74 Å². The molecule has 1 aliphatic heterocycles. The fourth-order valence-corrected chi connectivity index (χ4v) is 7.33. The molecule has 1 amide bonds. The van der Waals surface area contributed by atoms with Crippen LogP contribution in [0.4, 0.5) is 0 Å². The van der Waals surface area contributed by atoms with Crippen molar-refractivity contribution in [1.82, 2.24) is 9.21 Å². The first-order chi connectivity index (χ1) is 16.3. The molecule has 1 fully saturated rings. The molecule has 184 valence electrons. The van der Waals surface area contributed by atoms with Crippen LogP contribution in [-0.2, 0) is 10.0 Å². The van der Waals surface area contributed by atoms with Gasteiger partial charge in [0.1, 0.15) is 16.7 Å². The number of sulfonamides is 1. The molecule has 0 N–H and O–H groups in total. The third-order valence-corrected chi connectivity index (χ3v) is 9.56. The summed E-state index contributed by atoms with van der Waals surface area (Å²) >= 11 is 12.5. The molecule has 0 saturated heterocycles. The Morgan fingerprint density at radius 3 is 2.50 bits per heavy atom. The van der Waals surface area contributed by atoms with Gasteiger partial charge in [-0.1, -0.05) is 47.8 Å². The fourth-order valence-electron chi connectivity index (χ4n) is 4.87. The minimum atomic E-state index is -3.93. The van der Waals surface area contributed by atoms with Gasteiger partial charge in [-0.2, -0.15) is 4.31 Å². The van der Waals surface area contributed by atoms with Crippen molar-refractivity contribution in [2.24, 2.45) is 0 Å². The van der Waals surface area contributed by atoms with E-state index in [9.17, 15) is 13.2 Å². The number of amides is 1. The van der Waals surface area contributed by atoms with Gasteiger partial charge in [0.15, 0.2) is 0 Å². The highest BCUT2D eigenvalue weighted by Crippen LogP contribution is 2.36. The van der Waals surface area contributed by atoms with Crippen LogP contribution in [0.3, 0.4) is 0 Å². The van der Waals surface area contributed by atoms with Gasteiger partial charge in [-0.15, -0.1) is 0 Å². The van der Waals surface area contributed by atoms with E-state index in [0.717, 1.165) is 12.8 Å². The quantitative estimate of drug-likeness (QED) is 0.521. The number of nitrogens with zero attached hydrogens (tertiary/aromatic N) is 2. The highest BCUT2D eigenvalue weighted by Gasteiger charge is 2.40. The van der Waals surface area contributed by atoms with Crippen molar-refractivity contribution in [3.63, 3.8) is 0 Å². The van der Waals surface area contributed by atoms with Gasteiger partial charge >= 0.3 is 0 Å². The van der Waals surface area contributed by atoms with Crippen LogP contribution in [0.25, 0.3) is 0 Å². The fraction of sp³-hybridized carbons (Fsp3) is 0.480. The van der Waals surface area contributed by atoms with E-state index in [0.29, 0.717) is 56.6 Å². The molecule has 0 spiro atoms. The van der Waals surface area contributed by atoms with E-state index in [1.807, 2.05) is 19.1 Å². The first kappa shape index (κ1) is 25.3. The molecule has 6 nitrogen and oxygen atoms in total. The van der Waals surface area contributed by atoms with E-state index >= 15 is 0 Å². The van der Waals surface area contributed by atoms with E-state index < -0.39 is 10.0 Å². The number of ether oxygens (including phenoxy) is 1. The molecule has 0 unspecified atom stereocenters. The second kappa shape index (κ2) is 10.9. The average molecular weight is 525 g/mol. The summed E-state index contributed by atoms with van der Waals surface area (Å²) in [5, 5.41) is 0.247. The van der Waals surface area contributed by atoms with Crippen molar-refractivity contribution in [3.05, 3.63) is 58.1 Å². The maximum atomic E-state index is 13.9. The number of fused-ring (bicyclic) bond motifs is 2. The first-order valence-electron chi connectivity index (χ1n) is 11.9. The summed E-state index contributed by atoms with van der Waals surface area (Å²) in [6.45, 7) is 3.38. The van der Waals surface area contributed by atoms with Gasteiger partial charge in [0.2, 0.25) is 10.0 Å². The molecule has 2 aromatic carbocycles. The van der Waals surface area contributed by atoms with Gasteiger partial charge in [0, 0.05) is 19.6 Å². The van der Waals surface area contributed by atoms with Gasteiger partial charge in [-0.05, 0) is 63.3 Å². The molecule has 34 heavy (non-hydrogen) atoms. The molecule has 4 rings (SSSR count). The van der Waals surface area contributed by atoms with Crippen molar-refractivity contribution in [2.45, 2.75) is 62.5 Å². The minimum Gasteiger partial charge on any atom is -0.488 e. The zero-order chi connectivity index (χ0) is 24.3. The zero-order valence-electron chi connectivity index (χ0n) is 19.3. The van der Waals surface area contributed by atoms with Gasteiger partial charge < -0.3 is 9.64 Å². The zero-order valence-corrected chi connectivity index (χ0v) is 21.6. The monoisotopic (exact) mass is 524 g/mol. The van der Waals surface area contributed by atoms with Crippen molar-refractivity contribution >= 4 is 39.1 Å². The van der Waals surface area contributed by atoms with Crippen LogP contribution in [0.5, 0.6) is 5.75 Å². The van der Waals surface area contributed by atoms with Crippen LogP contribution in [0.15, 0.2) is 47.4 Å². The van der Waals surface area contributed by atoms with E-state index in [-0.39, 0.29) is 33.0 Å². The van der Waals surface area contributed by atoms with E-state index in [4.69, 9.17) is 27.9 Å². The lowest BCUT2D eigenvalue weighted by Crippen LogP contribution is -2.51. The van der Waals surface area contributed by atoms with Gasteiger partial charge in [0.25, 0.3) is 5.91 Å². The normalized spacial score (nSPS) is 22.7. The topological polar surface area (TPSA) is 66.9 Å². The van der Waals surface area contributed by atoms with Crippen molar-refractivity contribution in [2.75, 3.05) is 19.6 Å². The van der Waals surface area contributed by atoms with Crippen LogP contribution in [0, 0.1) is 0 Å². The Hall–Kier alpha value is -1.80. The van der Waals surface area contributed by atoms with Crippen molar-refractivity contribution in [3.8, 4) is 5.75 Å². The SMILES string of the molecule is CCN1CCCCN(S(=O)(=O)c2cccc(Cl)c2Cl)[C@@H]2CCCC[C@@H]2Oc2ccccc2C1=O.